The molecule has 1 aliphatic carbocycles. The topological polar surface area (TPSA) is 111 Å². The van der Waals surface area contributed by atoms with Crippen molar-refractivity contribution in [3.63, 3.8) is 0 Å². The van der Waals surface area contributed by atoms with E-state index in [4.69, 9.17) is 19.4 Å². The summed E-state index contributed by atoms with van der Waals surface area (Å²) in [4.78, 5) is 9.61. The number of nitrogens with zero attached hydrogens (tertiary/aromatic N) is 2. The molecular formula is C27H25N3O5S. The Morgan fingerprint density at radius 1 is 0.917 bits per heavy atom. The minimum Gasteiger partial charge on any atom is -0.454 e. The molecule has 3 aromatic carbocycles. The van der Waals surface area contributed by atoms with Crippen LogP contribution >= 0.6 is 0 Å². The van der Waals surface area contributed by atoms with Gasteiger partial charge in [-0.2, -0.15) is 0 Å². The van der Waals surface area contributed by atoms with Crippen molar-refractivity contribution in [2.24, 2.45) is 0 Å². The molecule has 0 spiro atoms. The van der Waals surface area contributed by atoms with Crippen LogP contribution in [0.1, 0.15) is 31.2 Å². The van der Waals surface area contributed by atoms with Crippen molar-refractivity contribution in [2.45, 2.75) is 48.1 Å². The Labute approximate surface area is 208 Å². The number of rotatable bonds is 6. The number of hydrogen-bond acceptors (Lipinski definition) is 8. The fraction of sp³-hybridized carbons (Fsp3) is 0.259. The molecule has 9 heteroatoms. The summed E-state index contributed by atoms with van der Waals surface area (Å²) < 4.78 is 39.0. The second-order valence-electron chi connectivity index (χ2n) is 9.01. The molecule has 1 aromatic heterocycles. The van der Waals surface area contributed by atoms with Crippen LogP contribution < -0.4 is 14.8 Å². The second kappa shape index (κ2) is 9.07. The summed E-state index contributed by atoms with van der Waals surface area (Å²) in [6.45, 7) is -0.407. The summed E-state index contributed by atoms with van der Waals surface area (Å²) in [5.41, 5.74) is 1.33. The van der Waals surface area contributed by atoms with E-state index in [1.807, 2.05) is 24.3 Å². The van der Waals surface area contributed by atoms with Gasteiger partial charge in [0.1, 0.15) is 5.82 Å². The van der Waals surface area contributed by atoms with Gasteiger partial charge in [-0.25, -0.2) is 18.4 Å². The van der Waals surface area contributed by atoms with Crippen LogP contribution in [0.2, 0.25) is 0 Å². The van der Waals surface area contributed by atoms with Crippen molar-refractivity contribution in [3.8, 4) is 22.9 Å². The van der Waals surface area contributed by atoms with E-state index in [1.165, 1.54) is 25.0 Å². The van der Waals surface area contributed by atoms with E-state index in [0.29, 0.717) is 40.0 Å². The molecular weight excluding hydrogens is 478 g/mol. The lowest BCUT2D eigenvalue weighted by atomic mass is 10.1. The van der Waals surface area contributed by atoms with Crippen LogP contribution in [-0.2, 0) is 16.4 Å². The third-order valence-electron chi connectivity index (χ3n) is 6.74. The van der Waals surface area contributed by atoms with Gasteiger partial charge >= 0.3 is 0 Å². The number of aliphatic hydroxyl groups is 1. The smallest absolute Gasteiger partial charge is 0.231 e. The normalized spacial score (nSPS) is 15.5. The zero-order valence-corrected chi connectivity index (χ0v) is 20.3. The molecule has 0 unspecified atom stereocenters. The quantitative estimate of drug-likeness (QED) is 0.389. The largest absolute Gasteiger partial charge is 0.454 e. The lowest BCUT2D eigenvalue weighted by Crippen LogP contribution is -2.16. The Balaban J connectivity index is 1.57. The molecule has 1 fully saturated rings. The average Bonchev–Trinajstić information content (AvgIpc) is 3.59. The van der Waals surface area contributed by atoms with Crippen LogP contribution in [0.15, 0.2) is 70.5 Å². The molecule has 0 atom stereocenters. The predicted molar refractivity (Wildman–Crippen MR) is 135 cm³/mol. The fourth-order valence-corrected chi connectivity index (χ4v) is 6.58. The molecule has 1 saturated carbocycles. The van der Waals surface area contributed by atoms with Crippen molar-refractivity contribution in [3.05, 3.63) is 66.2 Å². The van der Waals surface area contributed by atoms with Crippen LogP contribution in [-0.4, -0.2) is 36.3 Å². The number of sulfone groups is 1. The number of para-hydroxylation sites is 1. The van der Waals surface area contributed by atoms with Gasteiger partial charge in [-0.3, -0.25) is 0 Å². The Morgan fingerprint density at radius 2 is 1.64 bits per heavy atom. The lowest BCUT2D eigenvalue weighted by molar-refractivity contribution is 0.174. The van der Waals surface area contributed by atoms with E-state index in [9.17, 15) is 13.5 Å². The molecule has 2 N–H and O–H groups in total. The van der Waals surface area contributed by atoms with Crippen LogP contribution in [0.5, 0.6) is 11.5 Å². The summed E-state index contributed by atoms with van der Waals surface area (Å²) in [5.74, 6) is 1.72. The first kappa shape index (κ1) is 22.8. The maximum Gasteiger partial charge on any atom is 0.231 e. The van der Waals surface area contributed by atoms with Gasteiger partial charge in [0.15, 0.2) is 17.3 Å². The highest BCUT2D eigenvalue weighted by Gasteiger charge is 2.30. The molecule has 0 amide bonds. The van der Waals surface area contributed by atoms with E-state index in [2.05, 4.69) is 5.32 Å². The molecule has 36 heavy (non-hydrogen) atoms. The van der Waals surface area contributed by atoms with Crippen molar-refractivity contribution >= 4 is 26.6 Å². The summed E-state index contributed by atoms with van der Waals surface area (Å²) in [7, 11) is -4.07. The third kappa shape index (κ3) is 3.94. The van der Waals surface area contributed by atoms with Crippen molar-refractivity contribution in [2.75, 3.05) is 12.1 Å². The number of nitrogens with one attached hydrogen (secondary N) is 1. The first-order valence-electron chi connectivity index (χ1n) is 12.0. The number of benzene rings is 3. The van der Waals surface area contributed by atoms with Crippen LogP contribution in [0, 0.1) is 0 Å². The van der Waals surface area contributed by atoms with Gasteiger partial charge < -0.3 is 19.9 Å². The summed E-state index contributed by atoms with van der Waals surface area (Å²) in [5, 5.41) is 14.3. The van der Waals surface area contributed by atoms with Crippen molar-refractivity contribution < 1.29 is 23.0 Å². The first-order valence-corrected chi connectivity index (χ1v) is 13.4. The SMILES string of the molecule is O=S(=O)(c1ccccc1CO)c1cc2c(cc1-c1nc(NC3CCCC3)c3ccccc3n1)OCO2. The number of hydrogen-bond donors (Lipinski definition) is 2. The molecule has 2 heterocycles. The maximum atomic E-state index is 14.0. The Bertz CT molecular complexity index is 1570. The fourth-order valence-electron chi connectivity index (χ4n) is 4.91. The van der Waals surface area contributed by atoms with E-state index >= 15 is 0 Å². The Hall–Kier alpha value is -3.69. The van der Waals surface area contributed by atoms with Crippen LogP contribution in [0.25, 0.3) is 22.3 Å². The third-order valence-corrected chi connectivity index (χ3v) is 8.63. The highest BCUT2D eigenvalue weighted by atomic mass is 32.2. The molecule has 6 rings (SSSR count). The number of aliphatic hydroxyl groups excluding tert-OH is 1. The van der Waals surface area contributed by atoms with Gasteiger partial charge in [0, 0.05) is 23.1 Å². The summed E-state index contributed by atoms with van der Waals surface area (Å²) >= 11 is 0. The highest BCUT2D eigenvalue weighted by Crippen LogP contribution is 2.42. The summed E-state index contributed by atoms with van der Waals surface area (Å²) in [6.07, 6.45) is 4.47. The number of ether oxygens (including phenoxy) is 2. The predicted octanol–water partition coefficient (Wildman–Crippen LogP) is 4.71. The summed E-state index contributed by atoms with van der Waals surface area (Å²) in [6, 6.07) is 17.5. The van der Waals surface area contributed by atoms with Gasteiger partial charge in [-0.05, 0) is 42.7 Å². The number of anilines is 1. The van der Waals surface area contributed by atoms with Crippen LogP contribution in [0.3, 0.4) is 0 Å². The molecule has 8 nitrogen and oxygen atoms in total. The molecule has 0 saturated heterocycles. The second-order valence-corrected chi connectivity index (χ2v) is 10.9. The van der Waals surface area contributed by atoms with E-state index in [0.717, 1.165) is 18.2 Å². The molecule has 1 aliphatic heterocycles. The van der Waals surface area contributed by atoms with E-state index in [-0.39, 0.29) is 22.4 Å². The molecule has 2 aliphatic rings. The minimum atomic E-state index is -4.07. The molecule has 0 bridgehead atoms. The maximum absolute atomic E-state index is 14.0. The molecule has 4 aromatic rings. The van der Waals surface area contributed by atoms with E-state index in [1.54, 1.807) is 24.3 Å². The highest BCUT2D eigenvalue weighted by molar-refractivity contribution is 7.91. The van der Waals surface area contributed by atoms with Gasteiger partial charge in [0.2, 0.25) is 16.6 Å². The zero-order chi connectivity index (χ0) is 24.7. The lowest BCUT2D eigenvalue weighted by Gasteiger charge is -2.17. The average molecular weight is 504 g/mol. The monoisotopic (exact) mass is 503 g/mol. The molecule has 0 radical (unpaired) electrons. The number of aromatic nitrogens is 2. The standard InChI is InChI=1S/C27H25N3O5S/c31-15-17-7-1-6-12-24(17)36(32,33)25-14-23-22(34-16-35-23)13-20(25)27-29-21-11-5-4-10-19(21)26(30-27)28-18-8-2-3-9-18/h1,4-7,10-14,18,31H,2-3,8-9,15-16H2,(H,28,29,30). The Kier molecular flexibility index (Phi) is 5.73. The van der Waals surface area contributed by atoms with Gasteiger partial charge in [0.25, 0.3) is 0 Å². The Morgan fingerprint density at radius 3 is 2.44 bits per heavy atom. The van der Waals surface area contributed by atoms with Gasteiger partial charge in [-0.15, -0.1) is 0 Å². The van der Waals surface area contributed by atoms with E-state index < -0.39 is 16.4 Å². The van der Waals surface area contributed by atoms with Crippen molar-refractivity contribution in [1.29, 1.82) is 0 Å². The first-order chi connectivity index (χ1) is 17.5. The van der Waals surface area contributed by atoms with Crippen LogP contribution in [0.4, 0.5) is 5.82 Å². The zero-order valence-electron chi connectivity index (χ0n) is 19.5. The molecule has 184 valence electrons. The minimum absolute atomic E-state index is 0.00142. The van der Waals surface area contributed by atoms with Crippen molar-refractivity contribution in [1.82, 2.24) is 9.97 Å². The van der Waals surface area contributed by atoms with Gasteiger partial charge in [0.05, 0.1) is 21.9 Å². The van der Waals surface area contributed by atoms with Gasteiger partial charge in [-0.1, -0.05) is 43.2 Å². The number of fused-ring (bicyclic) bond motifs is 2.